The minimum absolute atomic E-state index is 0.145. The summed E-state index contributed by atoms with van der Waals surface area (Å²) in [7, 11) is 3.22. The molecule has 0 heterocycles. The Balaban J connectivity index is 2.51. The Hall–Kier alpha value is -1.42. The van der Waals surface area contributed by atoms with E-state index in [1.807, 2.05) is 6.07 Å². The lowest BCUT2D eigenvalue weighted by molar-refractivity contribution is 0.164. The van der Waals surface area contributed by atoms with Gasteiger partial charge in [-0.3, -0.25) is 0 Å². The second-order valence-corrected chi connectivity index (χ2v) is 3.83. The maximum atomic E-state index is 9.57. The van der Waals surface area contributed by atoms with Crippen molar-refractivity contribution < 1.29 is 14.6 Å². The van der Waals surface area contributed by atoms with E-state index in [1.165, 1.54) is 7.11 Å². The van der Waals surface area contributed by atoms with E-state index in [2.05, 4.69) is 12.2 Å². The molecule has 1 aromatic carbocycles. The number of phenols is 1. The number of nitrogens with one attached hydrogen (secondary N) is 1. The van der Waals surface area contributed by atoms with Crippen molar-refractivity contribution in [1.29, 1.82) is 0 Å². The fourth-order valence-corrected chi connectivity index (χ4v) is 1.44. The molecular weight excluding hydrogens is 206 g/mol. The van der Waals surface area contributed by atoms with Gasteiger partial charge in [-0.05, 0) is 18.1 Å². The van der Waals surface area contributed by atoms with E-state index >= 15 is 0 Å². The van der Waals surface area contributed by atoms with Gasteiger partial charge in [0.25, 0.3) is 0 Å². The molecule has 16 heavy (non-hydrogen) atoms. The average molecular weight is 225 g/mol. The Bertz CT molecular complexity index is 328. The highest BCUT2D eigenvalue weighted by molar-refractivity contribution is 5.54. The summed E-state index contributed by atoms with van der Waals surface area (Å²) in [4.78, 5) is 0. The van der Waals surface area contributed by atoms with Crippen LogP contribution in [0.25, 0.3) is 0 Å². The molecule has 4 heteroatoms. The number of hydrogen-bond acceptors (Lipinski definition) is 4. The summed E-state index contributed by atoms with van der Waals surface area (Å²) in [6.45, 7) is 3.62. The molecule has 0 spiro atoms. The van der Waals surface area contributed by atoms with Gasteiger partial charge in [0, 0.05) is 25.4 Å². The molecule has 0 fully saturated rings. The minimum Gasteiger partial charge on any atom is -0.504 e. The fourth-order valence-electron chi connectivity index (χ4n) is 1.44. The molecule has 0 aliphatic rings. The van der Waals surface area contributed by atoms with Crippen LogP contribution in [0.15, 0.2) is 18.2 Å². The molecule has 0 aliphatic carbocycles. The number of ether oxygens (including phenoxy) is 2. The third-order valence-electron chi connectivity index (χ3n) is 2.28. The first-order chi connectivity index (χ1) is 7.67. The van der Waals surface area contributed by atoms with E-state index in [4.69, 9.17) is 9.47 Å². The van der Waals surface area contributed by atoms with E-state index in [0.29, 0.717) is 11.7 Å². The van der Waals surface area contributed by atoms with Gasteiger partial charge >= 0.3 is 0 Å². The first-order valence-corrected chi connectivity index (χ1v) is 5.27. The van der Waals surface area contributed by atoms with E-state index in [-0.39, 0.29) is 5.75 Å². The summed E-state index contributed by atoms with van der Waals surface area (Å²) in [6, 6.07) is 5.26. The second kappa shape index (κ2) is 6.23. The van der Waals surface area contributed by atoms with Crippen molar-refractivity contribution in [3.05, 3.63) is 18.2 Å². The standard InChI is InChI=1S/C12H19NO3/c1-9(8-15-2)7-13-10-4-5-12(16-3)11(14)6-10/h4-6,9,13-14H,7-8H2,1-3H3. The lowest BCUT2D eigenvalue weighted by Gasteiger charge is -2.13. The van der Waals surface area contributed by atoms with Gasteiger partial charge in [-0.2, -0.15) is 0 Å². The van der Waals surface area contributed by atoms with Gasteiger partial charge in [0.05, 0.1) is 13.7 Å². The van der Waals surface area contributed by atoms with Gasteiger partial charge < -0.3 is 19.9 Å². The number of anilines is 1. The summed E-state index contributed by atoms with van der Waals surface area (Å²) in [6.07, 6.45) is 0. The quantitative estimate of drug-likeness (QED) is 0.778. The number of hydrogen-bond donors (Lipinski definition) is 2. The molecule has 0 aromatic heterocycles. The van der Waals surface area contributed by atoms with Crippen LogP contribution >= 0.6 is 0 Å². The molecule has 0 aliphatic heterocycles. The lowest BCUT2D eigenvalue weighted by atomic mass is 10.2. The largest absolute Gasteiger partial charge is 0.504 e. The summed E-state index contributed by atoms with van der Waals surface area (Å²) < 4.78 is 10.0. The van der Waals surface area contributed by atoms with Crippen LogP contribution in [-0.4, -0.2) is 32.5 Å². The van der Waals surface area contributed by atoms with Crippen molar-refractivity contribution in [2.24, 2.45) is 5.92 Å². The Morgan fingerprint density at radius 2 is 2.12 bits per heavy atom. The van der Waals surface area contributed by atoms with Crippen molar-refractivity contribution >= 4 is 5.69 Å². The Labute approximate surface area is 96.2 Å². The van der Waals surface area contributed by atoms with Crippen molar-refractivity contribution in [1.82, 2.24) is 0 Å². The van der Waals surface area contributed by atoms with Crippen LogP contribution in [0.4, 0.5) is 5.69 Å². The van der Waals surface area contributed by atoms with Gasteiger partial charge in [-0.1, -0.05) is 6.92 Å². The molecule has 1 unspecified atom stereocenters. The van der Waals surface area contributed by atoms with E-state index in [1.54, 1.807) is 19.2 Å². The van der Waals surface area contributed by atoms with Crippen LogP contribution < -0.4 is 10.1 Å². The van der Waals surface area contributed by atoms with Gasteiger partial charge in [-0.25, -0.2) is 0 Å². The SMILES string of the molecule is COCC(C)CNc1ccc(OC)c(O)c1. The zero-order valence-electron chi connectivity index (χ0n) is 9.99. The van der Waals surface area contributed by atoms with Gasteiger partial charge in [0.15, 0.2) is 11.5 Å². The van der Waals surface area contributed by atoms with Gasteiger partial charge in [0.2, 0.25) is 0 Å². The second-order valence-electron chi connectivity index (χ2n) is 3.83. The molecule has 0 radical (unpaired) electrons. The van der Waals surface area contributed by atoms with Crippen molar-refractivity contribution in [3.8, 4) is 11.5 Å². The predicted molar refractivity (Wildman–Crippen MR) is 64.2 cm³/mol. The summed E-state index contributed by atoms with van der Waals surface area (Å²) >= 11 is 0. The van der Waals surface area contributed by atoms with Crippen LogP contribution in [0, 0.1) is 5.92 Å². The maximum absolute atomic E-state index is 9.57. The summed E-state index contributed by atoms with van der Waals surface area (Å²) in [5.41, 5.74) is 0.876. The van der Waals surface area contributed by atoms with Crippen LogP contribution in [0.2, 0.25) is 0 Å². The number of rotatable bonds is 6. The third kappa shape index (κ3) is 3.62. The van der Waals surface area contributed by atoms with E-state index in [9.17, 15) is 5.11 Å². The smallest absolute Gasteiger partial charge is 0.160 e. The van der Waals surface area contributed by atoms with Crippen molar-refractivity contribution in [2.75, 3.05) is 32.7 Å². The maximum Gasteiger partial charge on any atom is 0.160 e. The molecule has 0 saturated carbocycles. The topological polar surface area (TPSA) is 50.7 Å². The van der Waals surface area contributed by atoms with Crippen LogP contribution in [0.5, 0.6) is 11.5 Å². The molecule has 90 valence electrons. The highest BCUT2D eigenvalue weighted by Crippen LogP contribution is 2.28. The molecule has 0 amide bonds. The van der Waals surface area contributed by atoms with Gasteiger partial charge in [0.1, 0.15) is 0 Å². The number of phenolic OH excluding ortho intramolecular Hbond substituents is 1. The molecule has 4 nitrogen and oxygen atoms in total. The number of aromatic hydroxyl groups is 1. The summed E-state index contributed by atoms with van der Waals surface area (Å²) in [5.74, 6) is 1.05. The third-order valence-corrected chi connectivity index (χ3v) is 2.28. The van der Waals surface area contributed by atoms with Crippen molar-refractivity contribution in [2.45, 2.75) is 6.92 Å². The van der Waals surface area contributed by atoms with Crippen LogP contribution in [-0.2, 0) is 4.74 Å². The summed E-state index contributed by atoms with van der Waals surface area (Å²) in [5, 5.41) is 12.8. The predicted octanol–water partition coefficient (Wildman–Crippen LogP) is 2.10. The molecule has 0 bridgehead atoms. The molecule has 1 aromatic rings. The van der Waals surface area contributed by atoms with Crippen molar-refractivity contribution in [3.63, 3.8) is 0 Å². The normalized spacial score (nSPS) is 12.2. The highest BCUT2D eigenvalue weighted by Gasteiger charge is 2.04. The van der Waals surface area contributed by atoms with E-state index in [0.717, 1.165) is 18.8 Å². The Morgan fingerprint density at radius 1 is 1.38 bits per heavy atom. The van der Waals surface area contributed by atoms with Crippen LogP contribution in [0.1, 0.15) is 6.92 Å². The monoisotopic (exact) mass is 225 g/mol. The first-order valence-electron chi connectivity index (χ1n) is 5.27. The fraction of sp³-hybridized carbons (Fsp3) is 0.500. The zero-order chi connectivity index (χ0) is 12.0. The molecular formula is C12H19NO3. The highest BCUT2D eigenvalue weighted by atomic mass is 16.5. The van der Waals surface area contributed by atoms with E-state index < -0.39 is 0 Å². The Morgan fingerprint density at radius 3 is 2.69 bits per heavy atom. The number of benzene rings is 1. The Kier molecular flexibility index (Phi) is 4.92. The van der Waals surface area contributed by atoms with Crippen LogP contribution in [0.3, 0.4) is 0 Å². The average Bonchev–Trinajstić information content (AvgIpc) is 2.27. The molecule has 1 rings (SSSR count). The first kappa shape index (κ1) is 12.6. The number of methoxy groups -OCH3 is 2. The lowest BCUT2D eigenvalue weighted by Crippen LogP contribution is -2.15. The molecule has 0 saturated heterocycles. The minimum atomic E-state index is 0.145. The molecule has 2 N–H and O–H groups in total. The molecule has 1 atom stereocenters. The zero-order valence-corrected chi connectivity index (χ0v) is 9.99. The van der Waals surface area contributed by atoms with Gasteiger partial charge in [-0.15, -0.1) is 0 Å².